The maximum absolute atomic E-state index is 12.3. The largest absolute Gasteiger partial charge is 0.385 e. The lowest BCUT2D eigenvalue weighted by Crippen LogP contribution is -2.28. The van der Waals surface area contributed by atoms with Gasteiger partial charge in [-0.25, -0.2) is 4.98 Å². The lowest BCUT2D eigenvalue weighted by molar-refractivity contribution is 0.0935. The van der Waals surface area contributed by atoms with Crippen LogP contribution < -0.4 is 10.6 Å². The molecule has 0 saturated heterocycles. The summed E-state index contributed by atoms with van der Waals surface area (Å²) in [7, 11) is 0. The molecule has 0 radical (unpaired) electrons. The average molecular weight is 303 g/mol. The smallest absolute Gasteiger partial charge is 0.251 e. The number of aromatic nitrogens is 1. The predicted molar refractivity (Wildman–Crippen MR) is 87.8 cm³/mol. The number of amides is 1. The van der Waals surface area contributed by atoms with Crippen LogP contribution in [0.25, 0.3) is 0 Å². The molecule has 112 valence electrons. The Kier molecular flexibility index (Phi) is 5.75. The van der Waals surface area contributed by atoms with Crippen molar-refractivity contribution in [2.45, 2.75) is 32.7 Å². The molecular formula is C16H21N3OS. The molecule has 1 atom stereocenters. The van der Waals surface area contributed by atoms with E-state index in [4.69, 9.17) is 0 Å². The van der Waals surface area contributed by atoms with Crippen molar-refractivity contribution in [1.29, 1.82) is 0 Å². The Morgan fingerprint density at radius 2 is 2.05 bits per heavy atom. The Morgan fingerprint density at radius 3 is 2.62 bits per heavy atom. The summed E-state index contributed by atoms with van der Waals surface area (Å²) in [5.74, 6) is -0.0564. The van der Waals surface area contributed by atoms with Crippen LogP contribution in [0.1, 0.15) is 48.1 Å². The van der Waals surface area contributed by atoms with E-state index in [-0.39, 0.29) is 11.9 Å². The maximum Gasteiger partial charge on any atom is 0.251 e. The molecule has 0 fully saturated rings. The summed E-state index contributed by atoms with van der Waals surface area (Å²) in [6.07, 6.45) is 3.67. The Morgan fingerprint density at radius 1 is 1.29 bits per heavy atom. The van der Waals surface area contributed by atoms with Gasteiger partial charge in [0, 0.05) is 29.4 Å². The van der Waals surface area contributed by atoms with Gasteiger partial charge < -0.3 is 10.6 Å². The fraction of sp³-hybridized carbons (Fsp3) is 0.375. The predicted octanol–water partition coefficient (Wildman–Crippen LogP) is 3.85. The molecule has 1 aromatic heterocycles. The Hall–Kier alpha value is -1.88. The summed E-state index contributed by atoms with van der Waals surface area (Å²) < 4.78 is 0. The highest BCUT2D eigenvalue weighted by Gasteiger charge is 2.15. The number of nitrogens with one attached hydrogen (secondary N) is 2. The summed E-state index contributed by atoms with van der Waals surface area (Å²) in [5.41, 5.74) is 1.72. The lowest BCUT2D eigenvalue weighted by Gasteiger charge is -2.14. The van der Waals surface area contributed by atoms with E-state index in [1.54, 1.807) is 17.5 Å². The highest BCUT2D eigenvalue weighted by Crippen LogP contribution is 2.19. The Labute approximate surface area is 129 Å². The van der Waals surface area contributed by atoms with E-state index in [1.165, 1.54) is 0 Å². The van der Waals surface area contributed by atoms with Gasteiger partial charge in [0.15, 0.2) is 0 Å². The minimum atomic E-state index is -0.0564. The van der Waals surface area contributed by atoms with Crippen molar-refractivity contribution < 1.29 is 4.79 Å². The molecule has 2 N–H and O–H groups in total. The number of carbonyl (C=O) groups excluding carboxylic acids is 1. The second-order valence-electron chi connectivity index (χ2n) is 4.81. The molecule has 4 nitrogen and oxygen atoms in total. The molecule has 21 heavy (non-hydrogen) atoms. The van der Waals surface area contributed by atoms with Crippen molar-refractivity contribution in [1.82, 2.24) is 10.3 Å². The van der Waals surface area contributed by atoms with Crippen LogP contribution >= 0.6 is 11.3 Å². The first-order valence-electron chi connectivity index (χ1n) is 7.28. The number of anilines is 1. The van der Waals surface area contributed by atoms with Crippen molar-refractivity contribution in [3.63, 3.8) is 0 Å². The zero-order chi connectivity index (χ0) is 15.1. The molecule has 0 aliphatic rings. The Bertz CT molecular complexity index is 551. The molecule has 1 aromatic carbocycles. The van der Waals surface area contributed by atoms with Crippen molar-refractivity contribution in [3.8, 4) is 0 Å². The van der Waals surface area contributed by atoms with Gasteiger partial charge in [0.1, 0.15) is 5.01 Å². The third kappa shape index (κ3) is 4.29. The summed E-state index contributed by atoms with van der Waals surface area (Å²) >= 11 is 1.57. The number of carbonyl (C=O) groups is 1. The molecule has 1 heterocycles. The number of rotatable bonds is 7. The molecule has 1 unspecified atom stereocenters. The average Bonchev–Trinajstić information content (AvgIpc) is 3.05. The van der Waals surface area contributed by atoms with Gasteiger partial charge in [0.25, 0.3) is 5.91 Å². The van der Waals surface area contributed by atoms with Gasteiger partial charge in [0.05, 0.1) is 6.04 Å². The van der Waals surface area contributed by atoms with Crippen molar-refractivity contribution in [3.05, 3.63) is 46.4 Å². The van der Waals surface area contributed by atoms with Crippen molar-refractivity contribution >= 4 is 22.9 Å². The number of nitrogens with zero attached hydrogens (tertiary/aromatic N) is 1. The van der Waals surface area contributed by atoms with Gasteiger partial charge in [-0.1, -0.05) is 13.8 Å². The van der Waals surface area contributed by atoms with E-state index < -0.39 is 0 Å². The van der Waals surface area contributed by atoms with E-state index in [0.29, 0.717) is 5.56 Å². The molecule has 5 heteroatoms. The summed E-state index contributed by atoms with van der Waals surface area (Å²) in [6, 6.07) is 7.56. The fourth-order valence-electron chi connectivity index (χ4n) is 2.00. The fourth-order valence-corrected chi connectivity index (χ4v) is 2.77. The first-order valence-corrected chi connectivity index (χ1v) is 8.16. The molecule has 0 saturated carbocycles. The number of thiazole rings is 1. The van der Waals surface area contributed by atoms with Crippen LogP contribution in [0.3, 0.4) is 0 Å². The van der Waals surface area contributed by atoms with E-state index in [9.17, 15) is 4.79 Å². The maximum atomic E-state index is 12.3. The van der Waals surface area contributed by atoms with Crippen LogP contribution in [0.4, 0.5) is 5.69 Å². The van der Waals surface area contributed by atoms with Gasteiger partial charge >= 0.3 is 0 Å². The SMILES string of the molecule is CCCNc1ccc(C(=O)NC(CC)c2nccs2)cc1. The van der Waals surface area contributed by atoms with E-state index >= 15 is 0 Å². The van der Waals surface area contributed by atoms with Gasteiger partial charge in [0.2, 0.25) is 0 Å². The first-order chi connectivity index (χ1) is 10.2. The van der Waals surface area contributed by atoms with Crippen LogP contribution in [0.5, 0.6) is 0 Å². The minimum Gasteiger partial charge on any atom is -0.385 e. The minimum absolute atomic E-state index is 0.0182. The van der Waals surface area contributed by atoms with Gasteiger partial charge in [-0.05, 0) is 37.1 Å². The van der Waals surface area contributed by atoms with Crippen LogP contribution in [0.15, 0.2) is 35.8 Å². The normalized spacial score (nSPS) is 11.9. The molecule has 1 amide bonds. The third-order valence-electron chi connectivity index (χ3n) is 3.19. The zero-order valence-corrected chi connectivity index (χ0v) is 13.2. The second-order valence-corrected chi connectivity index (χ2v) is 5.73. The summed E-state index contributed by atoms with van der Waals surface area (Å²) in [6.45, 7) is 5.11. The third-order valence-corrected chi connectivity index (χ3v) is 4.08. The van der Waals surface area contributed by atoms with E-state index in [0.717, 1.165) is 30.1 Å². The standard InChI is InChI=1S/C16H21N3OS/c1-3-9-17-13-7-5-12(6-8-13)15(20)19-14(4-2)16-18-10-11-21-16/h5-8,10-11,14,17H,3-4,9H2,1-2H3,(H,19,20). The van der Waals surface area contributed by atoms with Gasteiger partial charge in [-0.15, -0.1) is 11.3 Å². The molecule has 0 aliphatic carbocycles. The topological polar surface area (TPSA) is 54.0 Å². The van der Waals surface area contributed by atoms with Crippen molar-refractivity contribution in [2.75, 3.05) is 11.9 Å². The van der Waals surface area contributed by atoms with Crippen LogP contribution in [-0.4, -0.2) is 17.4 Å². The van der Waals surface area contributed by atoms with Crippen LogP contribution in [-0.2, 0) is 0 Å². The number of hydrogen-bond donors (Lipinski definition) is 2. The number of benzene rings is 1. The van der Waals surface area contributed by atoms with Gasteiger partial charge in [-0.2, -0.15) is 0 Å². The van der Waals surface area contributed by atoms with E-state index in [2.05, 4.69) is 22.5 Å². The summed E-state index contributed by atoms with van der Waals surface area (Å²) in [4.78, 5) is 16.6. The number of hydrogen-bond acceptors (Lipinski definition) is 4. The molecule has 2 rings (SSSR count). The highest BCUT2D eigenvalue weighted by molar-refractivity contribution is 7.09. The quantitative estimate of drug-likeness (QED) is 0.817. The first kappa shape index (κ1) is 15.5. The monoisotopic (exact) mass is 303 g/mol. The van der Waals surface area contributed by atoms with E-state index in [1.807, 2.05) is 36.6 Å². The molecule has 0 spiro atoms. The van der Waals surface area contributed by atoms with Crippen molar-refractivity contribution in [2.24, 2.45) is 0 Å². The Balaban J connectivity index is 1.99. The lowest BCUT2D eigenvalue weighted by atomic mass is 10.1. The van der Waals surface area contributed by atoms with Gasteiger partial charge in [-0.3, -0.25) is 4.79 Å². The second kappa shape index (κ2) is 7.78. The molecule has 0 aliphatic heterocycles. The summed E-state index contributed by atoms with van der Waals surface area (Å²) in [5, 5.41) is 9.21. The molecule has 0 bridgehead atoms. The zero-order valence-electron chi connectivity index (χ0n) is 12.4. The highest BCUT2D eigenvalue weighted by atomic mass is 32.1. The molecule has 2 aromatic rings. The van der Waals surface area contributed by atoms with Crippen LogP contribution in [0, 0.1) is 0 Å². The van der Waals surface area contributed by atoms with Crippen LogP contribution in [0.2, 0.25) is 0 Å². The molecular weight excluding hydrogens is 282 g/mol.